The van der Waals surface area contributed by atoms with Gasteiger partial charge in [0.05, 0.1) is 7.11 Å². The van der Waals surface area contributed by atoms with E-state index in [0.717, 1.165) is 42.2 Å². The SMILES string of the molecule is COc1ccc2c(c1)c(-c1cc3c(C4=CCNCC4)ccnc3[nH]1)cn2C. The van der Waals surface area contributed by atoms with Crippen molar-refractivity contribution >= 4 is 27.5 Å². The molecule has 0 aliphatic carbocycles. The summed E-state index contributed by atoms with van der Waals surface area (Å²) in [5.74, 6) is 0.865. The standard InChI is InChI=1S/C22H22N4O/c1-26-13-19(17-11-15(27-2)3-4-21(17)26)20-12-18-16(7-10-24-22(18)25-20)14-5-8-23-9-6-14/h3-5,7,10-13,23H,6,8-9H2,1-2H3,(H,24,25). The van der Waals surface area contributed by atoms with E-state index >= 15 is 0 Å². The van der Waals surface area contributed by atoms with E-state index < -0.39 is 0 Å². The molecular formula is C22H22N4O. The van der Waals surface area contributed by atoms with Crippen molar-refractivity contribution < 1.29 is 4.74 Å². The maximum absolute atomic E-state index is 5.43. The number of aryl methyl sites for hydroxylation is 1. The summed E-state index contributed by atoms with van der Waals surface area (Å²) in [6.07, 6.45) is 7.39. The number of H-pyrrole nitrogens is 1. The Morgan fingerprint density at radius 1 is 1.11 bits per heavy atom. The summed E-state index contributed by atoms with van der Waals surface area (Å²) in [7, 11) is 3.78. The van der Waals surface area contributed by atoms with Gasteiger partial charge in [0.1, 0.15) is 11.4 Å². The average Bonchev–Trinajstić information content (AvgIpc) is 3.29. The molecule has 27 heavy (non-hydrogen) atoms. The van der Waals surface area contributed by atoms with E-state index in [9.17, 15) is 0 Å². The molecule has 5 heteroatoms. The van der Waals surface area contributed by atoms with Gasteiger partial charge in [-0.3, -0.25) is 0 Å². The molecule has 4 aromatic rings. The number of fused-ring (bicyclic) bond motifs is 2. The summed E-state index contributed by atoms with van der Waals surface area (Å²) in [5, 5.41) is 5.74. The Bertz CT molecular complexity index is 1180. The van der Waals surface area contributed by atoms with E-state index in [1.807, 2.05) is 12.3 Å². The first-order chi connectivity index (χ1) is 13.2. The van der Waals surface area contributed by atoms with Crippen molar-refractivity contribution in [2.24, 2.45) is 7.05 Å². The first kappa shape index (κ1) is 16.1. The molecule has 3 aromatic heterocycles. The number of ether oxygens (including phenoxy) is 1. The summed E-state index contributed by atoms with van der Waals surface area (Å²) >= 11 is 0. The summed E-state index contributed by atoms with van der Waals surface area (Å²) in [5.41, 5.74) is 7.03. The summed E-state index contributed by atoms with van der Waals surface area (Å²) in [6.45, 7) is 1.95. The maximum Gasteiger partial charge on any atom is 0.138 e. The van der Waals surface area contributed by atoms with Crippen LogP contribution in [-0.4, -0.2) is 34.7 Å². The molecule has 5 nitrogen and oxygen atoms in total. The number of aromatic nitrogens is 3. The van der Waals surface area contributed by atoms with Crippen molar-refractivity contribution in [3.05, 3.63) is 54.4 Å². The Hall–Kier alpha value is -3.05. The highest BCUT2D eigenvalue weighted by Gasteiger charge is 2.16. The van der Waals surface area contributed by atoms with Gasteiger partial charge in [0.25, 0.3) is 0 Å². The Labute approximate surface area is 157 Å². The molecule has 0 saturated heterocycles. The molecule has 5 rings (SSSR count). The van der Waals surface area contributed by atoms with Gasteiger partial charge in [0.15, 0.2) is 0 Å². The molecule has 0 atom stereocenters. The van der Waals surface area contributed by atoms with Gasteiger partial charge < -0.3 is 19.6 Å². The molecule has 1 aliphatic rings. The second kappa shape index (κ2) is 6.28. The fourth-order valence-corrected chi connectivity index (χ4v) is 4.03. The number of pyridine rings is 1. The molecule has 136 valence electrons. The molecule has 1 aliphatic heterocycles. The van der Waals surface area contributed by atoms with Crippen molar-refractivity contribution in [1.29, 1.82) is 0 Å². The van der Waals surface area contributed by atoms with Crippen LogP contribution in [0.3, 0.4) is 0 Å². The quantitative estimate of drug-likeness (QED) is 0.579. The molecule has 4 heterocycles. The summed E-state index contributed by atoms with van der Waals surface area (Å²) in [4.78, 5) is 8.10. The number of nitrogens with one attached hydrogen (secondary N) is 2. The first-order valence-electron chi connectivity index (χ1n) is 9.26. The van der Waals surface area contributed by atoms with Gasteiger partial charge in [-0.25, -0.2) is 4.98 Å². The Kier molecular flexibility index (Phi) is 3.76. The molecular weight excluding hydrogens is 336 g/mol. The highest BCUT2D eigenvalue weighted by molar-refractivity contribution is 6.00. The van der Waals surface area contributed by atoms with E-state index in [0.29, 0.717) is 0 Å². The number of rotatable bonds is 3. The topological polar surface area (TPSA) is 54.9 Å². The van der Waals surface area contributed by atoms with Gasteiger partial charge >= 0.3 is 0 Å². The minimum atomic E-state index is 0.865. The van der Waals surface area contributed by atoms with Crippen molar-refractivity contribution in [3.63, 3.8) is 0 Å². The molecule has 0 bridgehead atoms. The van der Waals surface area contributed by atoms with Crippen LogP contribution in [0.2, 0.25) is 0 Å². The third-order valence-corrected chi connectivity index (χ3v) is 5.43. The lowest BCUT2D eigenvalue weighted by atomic mass is 9.98. The van der Waals surface area contributed by atoms with E-state index in [1.54, 1.807) is 7.11 Å². The zero-order valence-corrected chi connectivity index (χ0v) is 15.5. The van der Waals surface area contributed by atoms with Gasteiger partial charge in [0.2, 0.25) is 0 Å². The van der Waals surface area contributed by atoms with Crippen LogP contribution in [0.4, 0.5) is 0 Å². The molecule has 0 spiro atoms. The number of hydrogen-bond donors (Lipinski definition) is 2. The van der Waals surface area contributed by atoms with E-state index in [-0.39, 0.29) is 0 Å². The monoisotopic (exact) mass is 358 g/mol. The Morgan fingerprint density at radius 3 is 2.85 bits per heavy atom. The zero-order chi connectivity index (χ0) is 18.4. The van der Waals surface area contributed by atoms with Crippen LogP contribution in [-0.2, 0) is 7.05 Å². The van der Waals surface area contributed by atoms with Gasteiger partial charge in [-0.2, -0.15) is 0 Å². The molecule has 0 radical (unpaired) electrons. The first-order valence-corrected chi connectivity index (χ1v) is 9.26. The minimum absolute atomic E-state index is 0.865. The minimum Gasteiger partial charge on any atom is -0.497 e. The van der Waals surface area contributed by atoms with Gasteiger partial charge in [0, 0.05) is 53.5 Å². The van der Waals surface area contributed by atoms with Gasteiger partial charge in [-0.05, 0) is 54.4 Å². The highest BCUT2D eigenvalue weighted by atomic mass is 16.5. The van der Waals surface area contributed by atoms with Crippen LogP contribution in [0.5, 0.6) is 5.75 Å². The number of methoxy groups -OCH3 is 1. The predicted octanol–water partition coefficient (Wildman–Crippen LogP) is 4.11. The van der Waals surface area contributed by atoms with Crippen LogP contribution >= 0.6 is 0 Å². The fourth-order valence-electron chi connectivity index (χ4n) is 4.03. The molecule has 0 amide bonds. The van der Waals surface area contributed by atoms with Crippen LogP contribution in [0.1, 0.15) is 12.0 Å². The molecule has 0 fully saturated rings. The second-order valence-electron chi connectivity index (χ2n) is 7.02. The molecule has 0 saturated carbocycles. The van der Waals surface area contributed by atoms with E-state index in [2.05, 4.69) is 63.4 Å². The zero-order valence-electron chi connectivity index (χ0n) is 15.5. The Morgan fingerprint density at radius 2 is 2.04 bits per heavy atom. The third kappa shape index (κ3) is 2.62. The molecule has 2 N–H and O–H groups in total. The van der Waals surface area contributed by atoms with Gasteiger partial charge in [-0.1, -0.05) is 6.08 Å². The average molecular weight is 358 g/mol. The third-order valence-electron chi connectivity index (χ3n) is 5.43. The van der Waals surface area contributed by atoms with Crippen molar-refractivity contribution in [3.8, 4) is 17.0 Å². The lowest BCUT2D eigenvalue weighted by Gasteiger charge is -2.14. The fraction of sp³-hybridized carbons (Fsp3) is 0.227. The number of aromatic amines is 1. The molecule has 1 aromatic carbocycles. The number of hydrogen-bond acceptors (Lipinski definition) is 3. The predicted molar refractivity (Wildman–Crippen MR) is 110 cm³/mol. The normalized spacial score (nSPS) is 14.7. The lowest BCUT2D eigenvalue weighted by molar-refractivity contribution is 0.415. The van der Waals surface area contributed by atoms with Crippen molar-refractivity contribution in [2.45, 2.75) is 6.42 Å². The summed E-state index contributed by atoms with van der Waals surface area (Å²) in [6, 6.07) is 10.6. The van der Waals surface area contributed by atoms with E-state index in [1.165, 1.54) is 27.4 Å². The smallest absolute Gasteiger partial charge is 0.138 e. The largest absolute Gasteiger partial charge is 0.497 e. The van der Waals surface area contributed by atoms with Crippen LogP contribution in [0.15, 0.2) is 48.8 Å². The van der Waals surface area contributed by atoms with Gasteiger partial charge in [-0.15, -0.1) is 0 Å². The lowest BCUT2D eigenvalue weighted by Crippen LogP contribution is -2.20. The maximum atomic E-state index is 5.43. The van der Waals surface area contributed by atoms with Crippen LogP contribution in [0, 0.1) is 0 Å². The van der Waals surface area contributed by atoms with E-state index in [4.69, 9.17) is 4.74 Å². The highest BCUT2D eigenvalue weighted by Crippen LogP contribution is 2.35. The number of nitrogens with zero attached hydrogens (tertiary/aromatic N) is 2. The number of benzene rings is 1. The van der Waals surface area contributed by atoms with Crippen LogP contribution in [0.25, 0.3) is 38.8 Å². The van der Waals surface area contributed by atoms with Crippen molar-refractivity contribution in [1.82, 2.24) is 19.9 Å². The second-order valence-corrected chi connectivity index (χ2v) is 7.02. The molecule has 0 unspecified atom stereocenters. The Balaban J connectivity index is 1.70. The van der Waals surface area contributed by atoms with Crippen LogP contribution < -0.4 is 10.1 Å². The van der Waals surface area contributed by atoms with Crippen molar-refractivity contribution in [2.75, 3.05) is 20.2 Å². The summed E-state index contributed by atoms with van der Waals surface area (Å²) < 4.78 is 7.59.